The number of aromatic nitrogens is 2. The first-order valence-electron chi connectivity index (χ1n) is 10.4. The molecule has 1 amide bonds. The normalized spacial score (nSPS) is 21.1. The minimum absolute atomic E-state index is 0.0283. The van der Waals surface area contributed by atoms with Crippen LogP contribution in [0.2, 0.25) is 0 Å². The van der Waals surface area contributed by atoms with E-state index in [0.29, 0.717) is 12.5 Å². The molecule has 4 rings (SSSR count). The van der Waals surface area contributed by atoms with Gasteiger partial charge in [-0.05, 0) is 37.5 Å². The molecule has 0 bridgehead atoms. The van der Waals surface area contributed by atoms with Crippen LogP contribution in [0.1, 0.15) is 24.6 Å². The summed E-state index contributed by atoms with van der Waals surface area (Å²) in [5.41, 5.74) is 2.04. The van der Waals surface area contributed by atoms with E-state index in [1.54, 1.807) is 7.11 Å². The minimum atomic E-state index is -0.645. The van der Waals surface area contributed by atoms with E-state index >= 15 is 0 Å². The van der Waals surface area contributed by atoms with Crippen LogP contribution in [0, 0.1) is 0 Å². The highest BCUT2D eigenvalue weighted by atomic mass is 16.5. The number of benzene rings is 1. The number of methoxy groups -OCH3 is 1. The Morgan fingerprint density at radius 2 is 2.17 bits per heavy atom. The zero-order chi connectivity index (χ0) is 21.0. The average molecular weight is 412 g/mol. The fraction of sp³-hybridized carbons (Fsp3) is 0.500. The van der Waals surface area contributed by atoms with Crippen LogP contribution in [0.15, 0.2) is 30.5 Å². The SMILES string of the molecule is COc1cccc(Nc2ncc3c(n2)C(C)(C(=O)NCCN2CCOCC2)CC3)c1. The predicted molar refractivity (Wildman–Crippen MR) is 114 cm³/mol. The maximum Gasteiger partial charge on any atom is 0.232 e. The lowest BCUT2D eigenvalue weighted by Gasteiger charge is -2.28. The van der Waals surface area contributed by atoms with Crippen molar-refractivity contribution in [3.63, 3.8) is 0 Å². The van der Waals surface area contributed by atoms with Crippen molar-refractivity contribution in [2.75, 3.05) is 51.8 Å². The first-order valence-corrected chi connectivity index (χ1v) is 10.4. The third kappa shape index (κ3) is 4.39. The third-order valence-electron chi connectivity index (χ3n) is 5.93. The Hall–Kier alpha value is -2.71. The lowest BCUT2D eigenvalue weighted by Crippen LogP contribution is -2.46. The zero-order valence-electron chi connectivity index (χ0n) is 17.6. The molecule has 1 aliphatic heterocycles. The molecule has 1 atom stereocenters. The molecule has 160 valence electrons. The third-order valence-corrected chi connectivity index (χ3v) is 5.93. The van der Waals surface area contributed by atoms with Gasteiger partial charge in [0, 0.05) is 44.1 Å². The fourth-order valence-corrected chi connectivity index (χ4v) is 4.03. The molecule has 2 heterocycles. The van der Waals surface area contributed by atoms with E-state index in [2.05, 4.69) is 20.5 Å². The molecule has 0 saturated carbocycles. The second kappa shape index (κ2) is 8.97. The van der Waals surface area contributed by atoms with E-state index in [4.69, 9.17) is 14.5 Å². The summed E-state index contributed by atoms with van der Waals surface area (Å²) >= 11 is 0. The van der Waals surface area contributed by atoms with Crippen molar-refractivity contribution in [2.45, 2.75) is 25.2 Å². The Morgan fingerprint density at radius 1 is 1.33 bits per heavy atom. The molecule has 0 spiro atoms. The summed E-state index contributed by atoms with van der Waals surface area (Å²) in [4.78, 5) is 24.5. The number of nitrogens with one attached hydrogen (secondary N) is 2. The predicted octanol–water partition coefficient (Wildman–Crippen LogP) is 1.88. The van der Waals surface area contributed by atoms with Gasteiger partial charge in [0.1, 0.15) is 5.75 Å². The first kappa shape index (κ1) is 20.6. The number of hydrogen-bond acceptors (Lipinski definition) is 7. The van der Waals surface area contributed by atoms with Gasteiger partial charge in [0.05, 0.1) is 31.4 Å². The molecule has 1 saturated heterocycles. The summed E-state index contributed by atoms with van der Waals surface area (Å²) in [6, 6.07) is 7.60. The lowest BCUT2D eigenvalue weighted by molar-refractivity contribution is -0.126. The van der Waals surface area contributed by atoms with E-state index in [1.807, 2.05) is 37.4 Å². The summed E-state index contributed by atoms with van der Waals surface area (Å²) in [6.45, 7) is 6.81. The van der Waals surface area contributed by atoms with E-state index < -0.39 is 5.41 Å². The molecule has 8 nitrogen and oxygen atoms in total. The number of carbonyl (C=O) groups is 1. The number of nitrogens with zero attached hydrogens (tertiary/aromatic N) is 3. The van der Waals surface area contributed by atoms with Crippen molar-refractivity contribution < 1.29 is 14.3 Å². The fourth-order valence-electron chi connectivity index (χ4n) is 4.03. The molecule has 2 aliphatic rings. The van der Waals surface area contributed by atoms with Crippen LogP contribution in [0.5, 0.6) is 5.75 Å². The van der Waals surface area contributed by atoms with Gasteiger partial charge in [-0.1, -0.05) is 6.07 Å². The summed E-state index contributed by atoms with van der Waals surface area (Å²) in [6.07, 6.45) is 3.38. The number of hydrogen-bond donors (Lipinski definition) is 2. The van der Waals surface area contributed by atoms with Gasteiger partial charge in [-0.3, -0.25) is 9.69 Å². The Kier molecular flexibility index (Phi) is 6.15. The highest BCUT2D eigenvalue weighted by Gasteiger charge is 2.43. The van der Waals surface area contributed by atoms with Crippen molar-refractivity contribution in [1.82, 2.24) is 20.2 Å². The first-order chi connectivity index (χ1) is 14.6. The molecule has 1 unspecified atom stereocenters. The molecule has 8 heteroatoms. The number of amides is 1. The molecule has 2 aromatic rings. The number of carbonyl (C=O) groups excluding carboxylic acids is 1. The van der Waals surface area contributed by atoms with Crippen LogP contribution >= 0.6 is 0 Å². The van der Waals surface area contributed by atoms with Crippen molar-refractivity contribution in [2.24, 2.45) is 0 Å². The lowest BCUT2D eigenvalue weighted by atomic mass is 9.86. The van der Waals surface area contributed by atoms with Crippen LogP contribution in [0.25, 0.3) is 0 Å². The molecule has 30 heavy (non-hydrogen) atoms. The number of ether oxygens (including phenoxy) is 2. The molecule has 1 aromatic heterocycles. The Labute approximate surface area is 177 Å². The van der Waals surface area contributed by atoms with Crippen LogP contribution < -0.4 is 15.4 Å². The molecule has 0 radical (unpaired) electrons. The van der Waals surface area contributed by atoms with Crippen molar-refractivity contribution in [3.05, 3.63) is 41.7 Å². The average Bonchev–Trinajstić information content (AvgIpc) is 3.12. The zero-order valence-corrected chi connectivity index (χ0v) is 17.6. The van der Waals surface area contributed by atoms with Gasteiger partial charge in [0.2, 0.25) is 11.9 Å². The van der Waals surface area contributed by atoms with Gasteiger partial charge in [0.15, 0.2) is 0 Å². The quantitative estimate of drug-likeness (QED) is 0.719. The second-order valence-electron chi connectivity index (χ2n) is 7.97. The molecular formula is C22H29N5O3. The number of fused-ring (bicyclic) bond motifs is 1. The minimum Gasteiger partial charge on any atom is -0.497 e. The molecule has 1 aromatic carbocycles. The van der Waals surface area contributed by atoms with E-state index in [-0.39, 0.29) is 5.91 Å². The molecule has 2 N–H and O–H groups in total. The van der Waals surface area contributed by atoms with Crippen LogP contribution in [-0.4, -0.2) is 67.3 Å². The Morgan fingerprint density at radius 3 is 2.97 bits per heavy atom. The number of anilines is 2. The highest BCUT2D eigenvalue weighted by molar-refractivity contribution is 5.88. The highest BCUT2D eigenvalue weighted by Crippen LogP contribution is 2.38. The van der Waals surface area contributed by atoms with E-state index in [1.165, 1.54) is 0 Å². The van der Waals surface area contributed by atoms with Crippen molar-refractivity contribution >= 4 is 17.5 Å². The number of aryl methyl sites for hydroxylation is 1. The maximum absolute atomic E-state index is 13.1. The topological polar surface area (TPSA) is 88.6 Å². The van der Waals surface area contributed by atoms with E-state index in [0.717, 1.165) is 68.4 Å². The van der Waals surface area contributed by atoms with Gasteiger partial charge < -0.3 is 20.1 Å². The standard InChI is InChI=1S/C22H29N5O3/c1-22(20(28)23-8-9-27-10-12-30-13-11-27)7-6-16-15-24-21(26-19(16)22)25-17-4-3-5-18(14-17)29-2/h3-5,14-15H,6-13H2,1-2H3,(H,23,28)(H,24,25,26). The number of morpholine rings is 1. The molecule has 1 fully saturated rings. The van der Waals surface area contributed by atoms with Gasteiger partial charge in [-0.25, -0.2) is 9.97 Å². The van der Waals surface area contributed by atoms with Gasteiger partial charge in [-0.2, -0.15) is 0 Å². The van der Waals surface area contributed by atoms with Gasteiger partial charge >= 0.3 is 0 Å². The Balaban J connectivity index is 1.43. The largest absolute Gasteiger partial charge is 0.497 e. The van der Waals surface area contributed by atoms with Gasteiger partial charge in [-0.15, -0.1) is 0 Å². The summed E-state index contributed by atoms with van der Waals surface area (Å²) in [7, 11) is 1.63. The van der Waals surface area contributed by atoms with Crippen molar-refractivity contribution in [1.29, 1.82) is 0 Å². The Bertz CT molecular complexity index is 900. The summed E-state index contributed by atoms with van der Waals surface area (Å²) in [5.74, 6) is 1.27. The maximum atomic E-state index is 13.1. The smallest absolute Gasteiger partial charge is 0.232 e. The summed E-state index contributed by atoms with van der Waals surface area (Å²) in [5, 5.41) is 6.34. The van der Waals surface area contributed by atoms with Crippen LogP contribution in [0.3, 0.4) is 0 Å². The molecule has 1 aliphatic carbocycles. The van der Waals surface area contributed by atoms with Crippen molar-refractivity contribution in [3.8, 4) is 5.75 Å². The number of rotatable bonds is 7. The van der Waals surface area contributed by atoms with Crippen LogP contribution in [0.4, 0.5) is 11.6 Å². The van der Waals surface area contributed by atoms with Crippen LogP contribution in [-0.2, 0) is 21.4 Å². The van der Waals surface area contributed by atoms with E-state index in [9.17, 15) is 4.79 Å². The summed E-state index contributed by atoms with van der Waals surface area (Å²) < 4.78 is 10.6. The van der Waals surface area contributed by atoms with Gasteiger partial charge in [0.25, 0.3) is 0 Å². The second-order valence-corrected chi connectivity index (χ2v) is 7.97. The monoisotopic (exact) mass is 411 g/mol. The molecular weight excluding hydrogens is 382 g/mol.